The van der Waals surface area contributed by atoms with Gasteiger partial charge in [-0.15, -0.1) is 0 Å². The molecule has 0 spiro atoms. The number of ether oxygens (including phenoxy) is 2. The Labute approximate surface area is 126 Å². The number of carbonyl (C=O) groups is 2. The lowest BCUT2D eigenvalue weighted by Gasteiger charge is -2.55. The van der Waals surface area contributed by atoms with E-state index in [1.54, 1.807) is 0 Å². The van der Waals surface area contributed by atoms with Crippen LogP contribution in [0, 0.1) is 5.92 Å². The van der Waals surface area contributed by atoms with Crippen LogP contribution in [0.2, 0.25) is 19.6 Å². The number of esters is 2. The van der Waals surface area contributed by atoms with Crippen LogP contribution in [-0.4, -0.2) is 40.1 Å². The quantitative estimate of drug-likeness (QED) is 0.589. The number of methoxy groups -OCH3 is 2. The number of hydrogen-bond donors (Lipinski definition) is 0. The molecule has 2 atom stereocenters. The summed E-state index contributed by atoms with van der Waals surface area (Å²) in [5, 5.41) is 0. The monoisotopic (exact) mass is 312 g/mol. The van der Waals surface area contributed by atoms with Gasteiger partial charge < -0.3 is 13.9 Å². The van der Waals surface area contributed by atoms with Crippen molar-refractivity contribution >= 4 is 20.3 Å². The molecule has 2 aliphatic carbocycles. The van der Waals surface area contributed by atoms with Crippen LogP contribution >= 0.6 is 0 Å². The molecule has 6 heteroatoms. The van der Waals surface area contributed by atoms with E-state index in [-0.39, 0.29) is 5.92 Å². The fraction of sp³-hybridized carbons (Fsp3) is 0.733. The van der Waals surface area contributed by atoms with Crippen molar-refractivity contribution in [3.8, 4) is 0 Å². The molecule has 0 heterocycles. The van der Waals surface area contributed by atoms with Crippen molar-refractivity contribution in [1.82, 2.24) is 0 Å². The van der Waals surface area contributed by atoms with Crippen LogP contribution < -0.4 is 0 Å². The third kappa shape index (κ3) is 2.66. The molecule has 2 aliphatic rings. The lowest BCUT2D eigenvalue weighted by molar-refractivity contribution is -0.148. The van der Waals surface area contributed by atoms with Gasteiger partial charge in [-0.3, -0.25) is 0 Å². The van der Waals surface area contributed by atoms with Gasteiger partial charge in [-0.05, 0) is 32.5 Å². The molecule has 0 radical (unpaired) electrons. The van der Waals surface area contributed by atoms with E-state index >= 15 is 0 Å². The van der Waals surface area contributed by atoms with E-state index < -0.39 is 25.9 Å². The van der Waals surface area contributed by atoms with Gasteiger partial charge in [0.2, 0.25) is 0 Å². The van der Waals surface area contributed by atoms with Gasteiger partial charge in [-0.2, -0.15) is 0 Å². The summed E-state index contributed by atoms with van der Waals surface area (Å²) in [5.41, 5.74) is 0.213. The number of hydrogen-bond acceptors (Lipinski definition) is 5. The van der Waals surface area contributed by atoms with Crippen LogP contribution in [-0.2, 0) is 23.5 Å². The number of fused-ring (bicyclic) bond motifs is 1. The highest BCUT2D eigenvalue weighted by molar-refractivity contribution is 6.70. The van der Waals surface area contributed by atoms with Gasteiger partial charge in [0.25, 0.3) is 0 Å². The Morgan fingerprint density at radius 1 is 1.10 bits per heavy atom. The summed E-state index contributed by atoms with van der Waals surface area (Å²) in [6.45, 7) is 6.29. The van der Waals surface area contributed by atoms with E-state index in [2.05, 4.69) is 19.6 Å². The molecule has 5 nitrogen and oxygen atoms in total. The predicted molar refractivity (Wildman–Crippen MR) is 80.2 cm³/mol. The van der Waals surface area contributed by atoms with Crippen molar-refractivity contribution in [2.24, 2.45) is 5.92 Å². The summed E-state index contributed by atoms with van der Waals surface area (Å²) in [6.07, 6.45) is 3.66. The number of rotatable bonds is 4. The fourth-order valence-electron chi connectivity index (χ4n) is 3.60. The first-order chi connectivity index (χ1) is 9.77. The summed E-state index contributed by atoms with van der Waals surface area (Å²) in [4.78, 5) is 24.3. The smallest absolute Gasteiger partial charge is 0.337 e. The van der Waals surface area contributed by atoms with Crippen LogP contribution in [0.5, 0.6) is 0 Å². The average molecular weight is 312 g/mol. The second-order valence-electron chi connectivity index (χ2n) is 6.67. The standard InChI is InChI=1S/C15H24O5Si/c1-18-13(16)11-10-8-6-7-9-15(10,20-21(3,4)5)12(11)14(17)19-2/h10H,6-9H2,1-5H3/t10-,15+/m0/s1. The Morgan fingerprint density at radius 3 is 2.24 bits per heavy atom. The maximum atomic E-state index is 12.2. The molecule has 0 unspecified atom stereocenters. The lowest BCUT2D eigenvalue weighted by atomic mass is 9.57. The van der Waals surface area contributed by atoms with Gasteiger partial charge in [-0.25, -0.2) is 9.59 Å². The zero-order valence-electron chi connectivity index (χ0n) is 13.4. The van der Waals surface area contributed by atoms with Gasteiger partial charge in [0.15, 0.2) is 8.32 Å². The van der Waals surface area contributed by atoms with E-state index in [1.165, 1.54) is 14.2 Å². The molecule has 1 saturated carbocycles. The number of carbonyl (C=O) groups excluding carboxylic acids is 2. The fourth-order valence-corrected chi connectivity index (χ4v) is 5.04. The molecule has 0 aliphatic heterocycles. The van der Waals surface area contributed by atoms with Crippen LogP contribution in [0.1, 0.15) is 25.7 Å². The highest BCUT2D eigenvalue weighted by Crippen LogP contribution is 2.56. The topological polar surface area (TPSA) is 61.8 Å². The molecule has 0 aromatic rings. The second-order valence-corrected chi connectivity index (χ2v) is 11.1. The Kier molecular flexibility index (Phi) is 4.30. The summed E-state index contributed by atoms with van der Waals surface area (Å²) in [6, 6.07) is 0. The van der Waals surface area contributed by atoms with Gasteiger partial charge in [0.1, 0.15) is 0 Å². The van der Waals surface area contributed by atoms with Crippen molar-refractivity contribution in [2.45, 2.75) is 50.9 Å². The molecule has 0 aromatic heterocycles. The molecule has 0 aromatic carbocycles. The summed E-state index contributed by atoms with van der Waals surface area (Å²) in [5.74, 6) is -0.941. The minimum absolute atomic E-state index is 0.0421. The Hall–Kier alpha value is -1.14. The Morgan fingerprint density at radius 2 is 1.71 bits per heavy atom. The molecule has 0 bridgehead atoms. The Bertz CT molecular complexity index is 491. The molecule has 1 fully saturated rings. The molecule has 0 N–H and O–H groups in total. The Balaban J connectivity index is 2.51. The molecular weight excluding hydrogens is 288 g/mol. The van der Waals surface area contributed by atoms with Crippen molar-refractivity contribution in [2.75, 3.05) is 14.2 Å². The molecule has 118 valence electrons. The highest BCUT2D eigenvalue weighted by Gasteiger charge is 2.61. The second kappa shape index (κ2) is 5.57. The van der Waals surface area contributed by atoms with Crippen molar-refractivity contribution in [3.63, 3.8) is 0 Å². The molecular formula is C15H24O5Si. The lowest BCUT2D eigenvalue weighted by Crippen LogP contribution is -2.61. The minimum atomic E-state index is -1.88. The van der Waals surface area contributed by atoms with Gasteiger partial charge in [0.05, 0.1) is 31.0 Å². The molecule has 0 amide bonds. The SMILES string of the molecule is COC(=O)C1=C(C(=O)OC)[C@@]2(O[Si](C)(C)C)CCCC[C@@H]12. The van der Waals surface area contributed by atoms with E-state index in [1.807, 2.05) is 0 Å². The van der Waals surface area contributed by atoms with Crippen LogP contribution in [0.25, 0.3) is 0 Å². The summed E-state index contributed by atoms with van der Waals surface area (Å²) >= 11 is 0. The minimum Gasteiger partial charge on any atom is -0.466 e. The zero-order chi connectivity index (χ0) is 15.8. The predicted octanol–water partition coefficient (Wildman–Crippen LogP) is 2.42. The van der Waals surface area contributed by atoms with Crippen LogP contribution in [0.4, 0.5) is 0 Å². The van der Waals surface area contributed by atoms with Crippen molar-refractivity contribution < 1.29 is 23.5 Å². The molecule has 2 rings (SSSR count). The third-order valence-electron chi connectivity index (χ3n) is 4.18. The largest absolute Gasteiger partial charge is 0.466 e. The van der Waals surface area contributed by atoms with E-state index in [0.717, 1.165) is 25.7 Å². The molecule has 0 saturated heterocycles. The first kappa shape index (κ1) is 16.2. The maximum absolute atomic E-state index is 12.2. The molecule has 21 heavy (non-hydrogen) atoms. The van der Waals surface area contributed by atoms with E-state index in [0.29, 0.717) is 11.1 Å². The zero-order valence-corrected chi connectivity index (χ0v) is 14.4. The van der Waals surface area contributed by atoms with Gasteiger partial charge in [-0.1, -0.05) is 12.8 Å². The van der Waals surface area contributed by atoms with E-state index in [4.69, 9.17) is 13.9 Å². The normalized spacial score (nSPS) is 28.5. The van der Waals surface area contributed by atoms with Gasteiger partial charge in [0, 0.05) is 5.92 Å². The first-order valence-electron chi connectivity index (χ1n) is 7.38. The maximum Gasteiger partial charge on any atom is 0.337 e. The summed E-state index contributed by atoms with van der Waals surface area (Å²) in [7, 11) is 0.799. The average Bonchev–Trinajstić information content (AvgIpc) is 2.40. The van der Waals surface area contributed by atoms with E-state index in [9.17, 15) is 9.59 Å². The van der Waals surface area contributed by atoms with Crippen molar-refractivity contribution in [1.29, 1.82) is 0 Å². The summed E-state index contributed by atoms with van der Waals surface area (Å²) < 4.78 is 16.2. The van der Waals surface area contributed by atoms with Crippen LogP contribution in [0.15, 0.2) is 11.1 Å². The van der Waals surface area contributed by atoms with Crippen LogP contribution in [0.3, 0.4) is 0 Å². The van der Waals surface area contributed by atoms with Crippen molar-refractivity contribution in [3.05, 3.63) is 11.1 Å². The van der Waals surface area contributed by atoms with Gasteiger partial charge >= 0.3 is 11.9 Å². The first-order valence-corrected chi connectivity index (χ1v) is 10.8. The third-order valence-corrected chi connectivity index (χ3v) is 5.15. The highest BCUT2D eigenvalue weighted by atomic mass is 28.4.